The van der Waals surface area contributed by atoms with Crippen molar-refractivity contribution in [3.63, 3.8) is 0 Å². The van der Waals surface area contributed by atoms with E-state index in [2.05, 4.69) is 120 Å². The molecule has 10 aromatic rings. The quantitative estimate of drug-likeness (QED) is 0.174. The van der Waals surface area contributed by atoms with Gasteiger partial charge < -0.3 is 4.57 Å². The monoisotopic (exact) mass is 651 g/mol. The largest absolute Gasteiger partial charge is 0.308 e. The third-order valence-electron chi connectivity index (χ3n) is 9.59. The molecule has 0 aliphatic heterocycles. The zero-order chi connectivity index (χ0) is 33.7. The van der Waals surface area contributed by atoms with Gasteiger partial charge in [-0.15, -0.1) is 0 Å². The molecule has 5 heteroatoms. The van der Waals surface area contributed by atoms with Crippen LogP contribution >= 0.6 is 0 Å². The summed E-state index contributed by atoms with van der Waals surface area (Å²) < 4.78 is 2.39. The lowest BCUT2D eigenvalue weighted by atomic mass is 10.0. The van der Waals surface area contributed by atoms with Gasteiger partial charge in [-0.1, -0.05) is 133 Å². The van der Waals surface area contributed by atoms with E-state index < -0.39 is 0 Å². The van der Waals surface area contributed by atoms with Crippen LogP contribution in [0.5, 0.6) is 0 Å². The summed E-state index contributed by atoms with van der Waals surface area (Å²) >= 11 is 0. The second-order valence-corrected chi connectivity index (χ2v) is 12.7. The summed E-state index contributed by atoms with van der Waals surface area (Å²) in [5, 5.41) is 5.77. The van der Waals surface area contributed by atoms with Crippen LogP contribution in [-0.2, 0) is 0 Å². The second kappa shape index (κ2) is 11.9. The summed E-state index contributed by atoms with van der Waals surface area (Å²) in [5.41, 5.74) is 9.15. The Morgan fingerprint density at radius 3 is 1.47 bits per heavy atom. The van der Waals surface area contributed by atoms with Crippen molar-refractivity contribution in [3.05, 3.63) is 176 Å². The normalized spacial score (nSPS) is 11.5. The van der Waals surface area contributed by atoms with E-state index >= 15 is 0 Å². The van der Waals surface area contributed by atoms with Gasteiger partial charge in [-0.05, 0) is 53.2 Å². The molecule has 0 aliphatic carbocycles. The van der Waals surface area contributed by atoms with Crippen LogP contribution in [0.2, 0.25) is 0 Å². The van der Waals surface area contributed by atoms with Gasteiger partial charge in [-0.25, -0.2) is 19.9 Å². The van der Waals surface area contributed by atoms with Crippen LogP contribution in [0.25, 0.3) is 94.6 Å². The minimum atomic E-state index is 0.629. The van der Waals surface area contributed by atoms with E-state index in [1.54, 1.807) is 0 Å². The summed E-state index contributed by atoms with van der Waals surface area (Å²) in [5.74, 6) is 1.92. The Labute approximate surface area is 294 Å². The van der Waals surface area contributed by atoms with Gasteiger partial charge in [0.15, 0.2) is 17.5 Å². The number of fused-ring (bicyclic) bond motifs is 6. The molecule has 0 fully saturated rings. The highest BCUT2D eigenvalue weighted by Gasteiger charge is 2.21. The highest BCUT2D eigenvalue weighted by Crippen LogP contribution is 2.42. The zero-order valence-corrected chi connectivity index (χ0v) is 27.5. The van der Waals surface area contributed by atoms with E-state index in [0.29, 0.717) is 17.5 Å². The van der Waals surface area contributed by atoms with Crippen LogP contribution in [0.3, 0.4) is 0 Å². The van der Waals surface area contributed by atoms with Gasteiger partial charge in [-0.2, -0.15) is 0 Å². The van der Waals surface area contributed by atoms with E-state index in [9.17, 15) is 0 Å². The lowest BCUT2D eigenvalue weighted by Crippen LogP contribution is -2.00. The average Bonchev–Trinajstić information content (AvgIpc) is 3.56. The van der Waals surface area contributed by atoms with Crippen LogP contribution in [0.15, 0.2) is 176 Å². The number of rotatable bonds is 5. The molecule has 0 saturated heterocycles. The van der Waals surface area contributed by atoms with Crippen molar-refractivity contribution in [1.29, 1.82) is 0 Å². The van der Waals surface area contributed by atoms with Crippen molar-refractivity contribution in [2.24, 2.45) is 0 Å². The maximum Gasteiger partial charge on any atom is 0.164 e. The van der Waals surface area contributed by atoms with Crippen LogP contribution in [0.1, 0.15) is 0 Å². The molecule has 3 heterocycles. The molecule has 7 aromatic carbocycles. The molecular weight excluding hydrogens is 623 g/mol. The summed E-state index contributed by atoms with van der Waals surface area (Å²) in [6.07, 6.45) is 0. The second-order valence-electron chi connectivity index (χ2n) is 12.7. The van der Waals surface area contributed by atoms with Crippen LogP contribution in [0, 0.1) is 0 Å². The first kappa shape index (κ1) is 29.0. The van der Waals surface area contributed by atoms with Crippen molar-refractivity contribution in [2.45, 2.75) is 0 Å². The van der Waals surface area contributed by atoms with Crippen LogP contribution in [0.4, 0.5) is 0 Å². The molecule has 0 bridgehead atoms. The first-order chi connectivity index (χ1) is 25.3. The first-order valence-corrected chi connectivity index (χ1v) is 17.1. The number of nitrogens with zero attached hydrogens (tertiary/aromatic N) is 5. The Kier molecular flexibility index (Phi) is 6.74. The summed E-state index contributed by atoms with van der Waals surface area (Å²) in [6, 6.07) is 60.9. The Bertz CT molecular complexity index is 2820. The van der Waals surface area contributed by atoms with Gasteiger partial charge in [0, 0.05) is 44.1 Å². The van der Waals surface area contributed by atoms with Gasteiger partial charge in [-0.3, -0.25) is 0 Å². The molecule has 238 valence electrons. The lowest BCUT2D eigenvalue weighted by molar-refractivity contribution is 1.07. The van der Waals surface area contributed by atoms with E-state index in [1.165, 1.54) is 10.8 Å². The summed E-state index contributed by atoms with van der Waals surface area (Å²) in [6.45, 7) is 0. The SMILES string of the molecule is c1ccc(-c2nc(-c3ccccc3)nc(-c3ccc(-n4c5ccccc5c5c(-c6ccccc6)nc6cc7ccccc7cc6c54)cc3)n2)cc1. The maximum atomic E-state index is 5.37. The molecule has 0 atom stereocenters. The maximum absolute atomic E-state index is 5.37. The third kappa shape index (κ3) is 4.94. The van der Waals surface area contributed by atoms with Gasteiger partial charge in [0.05, 0.1) is 22.2 Å². The van der Waals surface area contributed by atoms with Crippen molar-refractivity contribution >= 4 is 43.5 Å². The number of pyridine rings is 1. The predicted octanol–water partition coefficient (Wildman–Crippen LogP) is 11.3. The highest BCUT2D eigenvalue weighted by atomic mass is 15.0. The fourth-order valence-corrected chi connectivity index (χ4v) is 7.19. The van der Waals surface area contributed by atoms with Crippen molar-refractivity contribution in [3.8, 4) is 51.1 Å². The number of hydrogen-bond donors (Lipinski definition) is 0. The molecular formula is C46H29N5. The molecule has 3 aromatic heterocycles. The third-order valence-corrected chi connectivity index (χ3v) is 9.59. The molecule has 5 nitrogen and oxygen atoms in total. The standard InChI is InChI=1S/C46H29N5/c1-4-14-30(15-5-1)42-41-37-22-12-13-23-40(37)51(43(41)38-28-34-20-10-11-21-35(34)29-39(38)47-42)36-26-24-33(25-27-36)46-49-44(31-16-6-2-7-17-31)48-45(50-46)32-18-8-3-9-19-32/h1-29H. The molecule has 0 unspecified atom stereocenters. The molecule has 51 heavy (non-hydrogen) atoms. The van der Waals surface area contributed by atoms with Crippen LogP contribution in [-0.4, -0.2) is 24.5 Å². The number of hydrogen-bond acceptors (Lipinski definition) is 4. The van der Waals surface area contributed by atoms with E-state index in [1.807, 2.05) is 60.7 Å². The predicted molar refractivity (Wildman–Crippen MR) is 209 cm³/mol. The summed E-state index contributed by atoms with van der Waals surface area (Å²) in [7, 11) is 0. The molecule has 0 amide bonds. The topological polar surface area (TPSA) is 56.5 Å². The molecule has 0 N–H and O–H groups in total. The van der Waals surface area contributed by atoms with Crippen molar-refractivity contribution in [1.82, 2.24) is 24.5 Å². The molecule has 0 radical (unpaired) electrons. The van der Waals surface area contributed by atoms with E-state index in [4.69, 9.17) is 19.9 Å². The number of benzene rings is 7. The van der Waals surface area contributed by atoms with Gasteiger partial charge >= 0.3 is 0 Å². The zero-order valence-electron chi connectivity index (χ0n) is 27.5. The first-order valence-electron chi connectivity index (χ1n) is 17.1. The number of aromatic nitrogens is 5. The minimum Gasteiger partial charge on any atom is -0.308 e. The van der Waals surface area contributed by atoms with E-state index in [-0.39, 0.29) is 0 Å². The van der Waals surface area contributed by atoms with Crippen molar-refractivity contribution in [2.75, 3.05) is 0 Å². The van der Waals surface area contributed by atoms with Gasteiger partial charge in [0.1, 0.15) is 0 Å². The average molecular weight is 652 g/mol. The number of para-hydroxylation sites is 1. The fraction of sp³-hybridized carbons (Fsp3) is 0. The summed E-state index contributed by atoms with van der Waals surface area (Å²) in [4.78, 5) is 20.2. The fourth-order valence-electron chi connectivity index (χ4n) is 7.19. The van der Waals surface area contributed by atoms with E-state index in [0.717, 1.165) is 66.3 Å². The van der Waals surface area contributed by atoms with Gasteiger partial charge in [0.25, 0.3) is 0 Å². The minimum absolute atomic E-state index is 0.629. The van der Waals surface area contributed by atoms with Gasteiger partial charge in [0.2, 0.25) is 0 Å². The Balaban J connectivity index is 1.21. The molecule has 10 rings (SSSR count). The van der Waals surface area contributed by atoms with Crippen molar-refractivity contribution < 1.29 is 0 Å². The Morgan fingerprint density at radius 2 is 0.863 bits per heavy atom. The Hall–Kier alpha value is -6.98. The smallest absolute Gasteiger partial charge is 0.164 e. The highest BCUT2D eigenvalue weighted by molar-refractivity contribution is 6.23. The molecule has 0 spiro atoms. The van der Waals surface area contributed by atoms with Crippen LogP contribution < -0.4 is 0 Å². The molecule has 0 aliphatic rings. The molecule has 0 saturated carbocycles. The Morgan fingerprint density at radius 1 is 0.373 bits per heavy atom. The lowest BCUT2D eigenvalue weighted by Gasteiger charge is -2.13.